The van der Waals surface area contributed by atoms with Gasteiger partial charge < -0.3 is 18.9 Å². The van der Waals surface area contributed by atoms with Crippen molar-refractivity contribution in [3.05, 3.63) is 63.6 Å². The maximum absolute atomic E-state index is 13.4. The van der Waals surface area contributed by atoms with Crippen LogP contribution in [0.1, 0.15) is 52.6 Å². The molecular weight excluding hydrogens is 384 g/mol. The average molecular weight is 408 g/mol. The first-order valence-electron chi connectivity index (χ1n) is 10.5. The minimum atomic E-state index is -0.689. The predicted molar refractivity (Wildman–Crippen MR) is 109 cm³/mol. The van der Waals surface area contributed by atoms with Gasteiger partial charge in [0.1, 0.15) is 12.2 Å². The van der Waals surface area contributed by atoms with Gasteiger partial charge in [-0.1, -0.05) is 30.3 Å². The molecular formula is C23H24N2O5. The van der Waals surface area contributed by atoms with E-state index in [1.165, 1.54) is 6.20 Å². The summed E-state index contributed by atoms with van der Waals surface area (Å²) in [5.74, 6) is -0.426. The second-order valence-corrected chi connectivity index (χ2v) is 8.42. The number of hydrogen-bond acceptors (Lipinski definition) is 5. The summed E-state index contributed by atoms with van der Waals surface area (Å²) >= 11 is 0. The zero-order valence-electron chi connectivity index (χ0n) is 16.9. The highest BCUT2D eigenvalue weighted by Gasteiger charge is 2.56. The van der Waals surface area contributed by atoms with E-state index >= 15 is 0 Å². The molecule has 1 aromatic heterocycles. The molecule has 1 saturated heterocycles. The Bertz CT molecular complexity index is 1080. The van der Waals surface area contributed by atoms with E-state index in [9.17, 15) is 14.4 Å². The van der Waals surface area contributed by atoms with E-state index in [1.54, 1.807) is 11.5 Å². The summed E-state index contributed by atoms with van der Waals surface area (Å²) in [4.78, 5) is 41.0. The summed E-state index contributed by atoms with van der Waals surface area (Å²) in [5.41, 5.74) is 0.212. The Morgan fingerprint density at radius 1 is 1.23 bits per heavy atom. The summed E-state index contributed by atoms with van der Waals surface area (Å²) in [6.07, 6.45) is 4.52. The molecule has 2 bridgehead atoms. The van der Waals surface area contributed by atoms with Crippen molar-refractivity contribution in [2.45, 2.75) is 44.9 Å². The highest BCUT2D eigenvalue weighted by Crippen LogP contribution is 2.50. The van der Waals surface area contributed by atoms with Gasteiger partial charge in [-0.15, -0.1) is 0 Å². The lowest BCUT2D eigenvalue weighted by atomic mass is 9.93. The molecule has 3 heterocycles. The SMILES string of the molecule is CCOC(=O)c1cn2c(c(OCc3ccccc3)c1=O)C(=O)N1C[C@@H]3CC[C@]1(C3)C2. The molecule has 7 heteroatoms. The van der Waals surface area contributed by atoms with Crippen LogP contribution in [0.3, 0.4) is 0 Å². The van der Waals surface area contributed by atoms with E-state index in [0.717, 1.165) is 31.4 Å². The van der Waals surface area contributed by atoms with Gasteiger partial charge in [0.2, 0.25) is 5.43 Å². The minimum absolute atomic E-state index is 0.0629. The van der Waals surface area contributed by atoms with Crippen molar-refractivity contribution >= 4 is 11.9 Å². The number of hydrogen-bond donors (Lipinski definition) is 0. The first kappa shape index (κ1) is 18.9. The van der Waals surface area contributed by atoms with Crippen LogP contribution in [0.25, 0.3) is 0 Å². The lowest BCUT2D eigenvalue weighted by Crippen LogP contribution is -2.55. The van der Waals surface area contributed by atoms with Crippen LogP contribution in [0.4, 0.5) is 0 Å². The Morgan fingerprint density at radius 2 is 2.03 bits per heavy atom. The van der Waals surface area contributed by atoms with Gasteiger partial charge >= 0.3 is 5.97 Å². The third kappa shape index (κ3) is 2.83. The van der Waals surface area contributed by atoms with Gasteiger partial charge in [0, 0.05) is 19.3 Å². The third-order valence-electron chi connectivity index (χ3n) is 6.57. The number of esters is 1. The monoisotopic (exact) mass is 408 g/mol. The molecule has 1 spiro atoms. The van der Waals surface area contributed by atoms with Crippen LogP contribution in [-0.4, -0.2) is 40.0 Å². The van der Waals surface area contributed by atoms with Crippen molar-refractivity contribution < 1.29 is 19.1 Å². The van der Waals surface area contributed by atoms with Crippen LogP contribution in [0.15, 0.2) is 41.3 Å². The fourth-order valence-electron chi connectivity index (χ4n) is 5.24. The summed E-state index contributed by atoms with van der Waals surface area (Å²) in [5, 5.41) is 0. The number of fused-ring (bicyclic) bond motifs is 2. The standard InChI is InChI=1S/C23H24N2O5/c1-2-29-22(28)17-12-24-14-23-9-8-16(10-23)11-25(23)21(27)18(24)20(19(17)26)30-13-15-6-4-3-5-7-15/h3-7,12,16H,2,8-11,13-14H2,1H3/t16-,23+/m1/s1. The molecule has 2 aliphatic heterocycles. The molecule has 2 atom stereocenters. The molecule has 1 amide bonds. The minimum Gasteiger partial charge on any atom is -0.483 e. The summed E-state index contributed by atoms with van der Waals surface area (Å²) in [6.45, 7) is 3.29. The van der Waals surface area contributed by atoms with Gasteiger partial charge in [0.15, 0.2) is 11.4 Å². The molecule has 0 radical (unpaired) electrons. The van der Waals surface area contributed by atoms with Gasteiger partial charge in [-0.3, -0.25) is 9.59 Å². The maximum atomic E-state index is 13.4. The van der Waals surface area contributed by atoms with Gasteiger partial charge in [0.25, 0.3) is 5.91 Å². The highest BCUT2D eigenvalue weighted by atomic mass is 16.5. The number of benzene rings is 1. The molecule has 1 aliphatic carbocycles. The number of amides is 1. The number of pyridine rings is 1. The molecule has 30 heavy (non-hydrogen) atoms. The largest absolute Gasteiger partial charge is 0.483 e. The normalized spacial score (nSPS) is 23.8. The molecule has 156 valence electrons. The molecule has 0 N–H and O–H groups in total. The van der Waals surface area contributed by atoms with E-state index in [-0.39, 0.29) is 41.7 Å². The number of carbonyl (C=O) groups excluding carboxylic acids is 2. The maximum Gasteiger partial charge on any atom is 0.343 e. The zero-order chi connectivity index (χ0) is 20.9. The van der Waals surface area contributed by atoms with Crippen LogP contribution in [0.2, 0.25) is 0 Å². The number of rotatable bonds is 5. The quantitative estimate of drug-likeness (QED) is 0.711. The highest BCUT2D eigenvalue weighted by molar-refractivity contribution is 5.98. The Kier molecular flexibility index (Phi) is 4.41. The summed E-state index contributed by atoms with van der Waals surface area (Å²) in [7, 11) is 0. The van der Waals surface area contributed by atoms with Crippen molar-refractivity contribution in [3.63, 3.8) is 0 Å². The van der Waals surface area contributed by atoms with E-state index in [4.69, 9.17) is 9.47 Å². The number of piperidine rings is 1. The van der Waals surface area contributed by atoms with Crippen LogP contribution < -0.4 is 10.2 Å². The van der Waals surface area contributed by atoms with Gasteiger partial charge in [0.05, 0.1) is 12.1 Å². The van der Waals surface area contributed by atoms with Gasteiger partial charge in [-0.2, -0.15) is 0 Å². The van der Waals surface area contributed by atoms with Crippen molar-refractivity contribution in [2.24, 2.45) is 5.92 Å². The Hall–Kier alpha value is -3.09. The van der Waals surface area contributed by atoms with E-state index < -0.39 is 11.4 Å². The van der Waals surface area contributed by atoms with Crippen LogP contribution in [-0.2, 0) is 17.9 Å². The Balaban J connectivity index is 1.60. The van der Waals surface area contributed by atoms with Crippen molar-refractivity contribution in [3.8, 4) is 5.75 Å². The molecule has 0 unspecified atom stereocenters. The molecule has 2 fully saturated rings. The van der Waals surface area contributed by atoms with Crippen molar-refractivity contribution in [1.82, 2.24) is 9.47 Å². The second-order valence-electron chi connectivity index (χ2n) is 8.42. The molecule has 1 aromatic carbocycles. The fraction of sp³-hybridized carbons (Fsp3) is 0.435. The topological polar surface area (TPSA) is 77.8 Å². The number of carbonyl (C=O) groups is 2. The second kappa shape index (κ2) is 7.00. The van der Waals surface area contributed by atoms with Crippen LogP contribution in [0.5, 0.6) is 5.75 Å². The zero-order valence-corrected chi connectivity index (χ0v) is 16.9. The molecule has 3 aliphatic rings. The number of nitrogens with zero attached hydrogens (tertiary/aromatic N) is 2. The van der Waals surface area contributed by atoms with E-state index in [1.807, 2.05) is 35.2 Å². The molecule has 2 aromatic rings. The smallest absolute Gasteiger partial charge is 0.343 e. The molecule has 7 nitrogen and oxygen atoms in total. The molecule has 5 rings (SSSR count). The van der Waals surface area contributed by atoms with E-state index in [0.29, 0.717) is 12.5 Å². The number of ether oxygens (including phenoxy) is 2. The first-order valence-corrected chi connectivity index (χ1v) is 10.5. The van der Waals surface area contributed by atoms with Crippen molar-refractivity contribution in [2.75, 3.05) is 13.2 Å². The van der Waals surface area contributed by atoms with Gasteiger partial charge in [-0.05, 0) is 37.7 Å². The lowest BCUT2D eigenvalue weighted by molar-refractivity contribution is 0.0387. The molecule has 1 saturated carbocycles. The lowest BCUT2D eigenvalue weighted by Gasteiger charge is -2.44. The fourth-order valence-corrected chi connectivity index (χ4v) is 5.24. The van der Waals surface area contributed by atoms with Crippen LogP contribution in [0, 0.1) is 5.92 Å². The van der Waals surface area contributed by atoms with Gasteiger partial charge in [-0.25, -0.2) is 4.79 Å². The predicted octanol–water partition coefficient (Wildman–Crippen LogP) is 2.61. The number of aromatic nitrogens is 1. The van der Waals surface area contributed by atoms with Crippen LogP contribution >= 0.6 is 0 Å². The summed E-state index contributed by atoms with van der Waals surface area (Å²) < 4.78 is 12.7. The Labute approximate surface area is 174 Å². The van der Waals surface area contributed by atoms with E-state index in [2.05, 4.69) is 0 Å². The average Bonchev–Trinajstić information content (AvgIpc) is 3.32. The third-order valence-corrected chi connectivity index (χ3v) is 6.57. The van der Waals surface area contributed by atoms with Crippen molar-refractivity contribution in [1.29, 1.82) is 0 Å². The first-order chi connectivity index (χ1) is 14.5. The Morgan fingerprint density at radius 3 is 2.77 bits per heavy atom. The summed E-state index contributed by atoms with van der Waals surface area (Å²) in [6, 6.07) is 9.43.